The number of aliphatic imine (C=N–C) groups is 1. The second-order valence-corrected chi connectivity index (χ2v) is 9.48. The molecule has 38 heavy (non-hydrogen) atoms. The first-order chi connectivity index (χ1) is 18.0. The number of hydrogen-bond acceptors (Lipinski definition) is 6. The van der Waals surface area contributed by atoms with E-state index in [4.69, 9.17) is 20.8 Å². The SMILES string of the molecule is CCOC(=O)C1=C(O)/C(=C/c2ccc(-c3ccc(Cl)c(C(F)(F)F)c3)o2)SC1=NC(=O)c1ccc(C)cc1. The van der Waals surface area contributed by atoms with Gasteiger partial charge >= 0.3 is 12.1 Å². The van der Waals surface area contributed by atoms with Gasteiger partial charge in [0.25, 0.3) is 5.91 Å². The zero-order valence-electron chi connectivity index (χ0n) is 19.9. The Labute approximate surface area is 224 Å². The van der Waals surface area contributed by atoms with Gasteiger partial charge in [-0.2, -0.15) is 13.2 Å². The zero-order chi connectivity index (χ0) is 27.6. The first-order valence-electron chi connectivity index (χ1n) is 11.1. The van der Waals surface area contributed by atoms with Crippen molar-refractivity contribution in [1.29, 1.82) is 0 Å². The van der Waals surface area contributed by atoms with E-state index < -0.39 is 34.4 Å². The maximum absolute atomic E-state index is 13.2. The molecular formula is C27H19ClF3NO5S. The number of alkyl halides is 3. The molecule has 0 saturated heterocycles. The number of carbonyl (C=O) groups excluding carboxylic acids is 2. The number of aliphatic hydroxyl groups excluding tert-OH is 1. The van der Waals surface area contributed by atoms with Gasteiger partial charge in [0.05, 0.1) is 22.1 Å². The van der Waals surface area contributed by atoms with Gasteiger partial charge < -0.3 is 14.3 Å². The topological polar surface area (TPSA) is 89.1 Å². The molecule has 1 aliphatic rings. The average Bonchev–Trinajstić information content (AvgIpc) is 3.43. The van der Waals surface area contributed by atoms with E-state index in [-0.39, 0.29) is 39.2 Å². The first-order valence-corrected chi connectivity index (χ1v) is 12.3. The summed E-state index contributed by atoms with van der Waals surface area (Å²) in [5.41, 5.74) is 0.107. The summed E-state index contributed by atoms with van der Waals surface area (Å²) >= 11 is 6.55. The lowest BCUT2D eigenvalue weighted by molar-refractivity contribution is -0.138. The van der Waals surface area contributed by atoms with Crippen molar-refractivity contribution in [2.45, 2.75) is 20.0 Å². The van der Waals surface area contributed by atoms with Gasteiger partial charge in [0, 0.05) is 11.1 Å². The number of halogens is 4. The summed E-state index contributed by atoms with van der Waals surface area (Å²) in [6, 6.07) is 13.0. The molecule has 3 aromatic rings. The Morgan fingerprint density at radius 1 is 1.13 bits per heavy atom. The summed E-state index contributed by atoms with van der Waals surface area (Å²) < 4.78 is 50.4. The predicted octanol–water partition coefficient (Wildman–Crippen LogP) is 7.63. The third-order valence-corrected chi connectivity index (χ3v) is 6.68. The van der Waals surface area contributed by atoms with Crippen molar-refractivity contribution in [3.8, 4) is 11.3 Å². The summed E-state index contributed by atoms with van der Waals surface area (Å²) in [6.45, 7) is 3.49. The van der Waals surface area contributed by atoms with Crippen molar-refractivity contribution in [3.63, 3.8) is 0 Å². The molecular weight excluding hydrogens is 543 g/mol. The van der Waals surface area contributed by atoms with Crippen LogP contribution in [0, 0.1) is 6.92 Å². The third kappa shape index (κ3) is 5.87. The van der Waals surface area contributed by atoms with Crippen LogP contribution in [-0.2, 0) is 15.7 Å². The van der Waals surface area contributed by atoms with Crippen molar-refractivity contribution < 1.29 is 37.0 Å². The fourth-order valence-electron chi connectivity index (χ4n) is 3.46. The minimum absolute atomic E-state index is 0.0288. The Hall–Kier alpha value is -3.76. The number of aliphatic hydroxyl groups is 1. The van der Waals surface area contributed by atoms with E-state index in [1.54, 1.807) is 31.2 Å². The number of esters is 1. The van der Waals surface area contributed by atoms with Crippen LogP contribution < -0.4 is 0 Å². The highest BCUT2D eigenvalue weighted by molar-refractivity contribution is 8.18. The first kappa shape index (κ1) is 27.3. The van der Waals surface area contributed by atoms with Crippen LogP contribution >= 0.6 is 23.4 Å². The maximum Gasteiger partial charge on any atom is 0.417 e. The number of hydrogen-bond donors (Lipinski definition) is 1. The van der Waals surface area contributed by atoms with Crippen molar-refractivity contribution >= 4 is 46.4 Å². The smallest absolute Gasteiger partial charge is 0.417 e. The summed E-state index contributed by atoms with van der Waals surface area (Å²) in [7, 11) is 0. The van der Waals surface area contributed by atoms with E-state index in [1.165, 1.54) is 24.3 Å². The van der Waals surface area contributed by atoms with Gasteiger partial charge in [-0.25, -0.2) is 9.79 Å². The number of ether oxygens (including phenoxy) is 1. The van der Waals surface area contributed by atoms with Gasteiger partial charge in [0.2, 0.25) is 0 Å². The maximum atomic E-state index is 13.2. The highest BCUT2D eigenvalue weighted by Gasteiger charge is 2.35. The molecule has 11 heteroatoms. The molecule has 1 aliphatic heterocycles. The quantitative estimate of drug-likeness (QED) is 0.322. The lowest BCUT2D eigenvalue weighted by Crippen LogP contribution is -2.14. The van der Waals surface area contributed by atoms with Gasteiger partial charge in [0.15, 0.2) is 0 Å². The lowest BCUT2D eigenvalue weighted by Gasteiger charge is -2.09. The predicted molar refractivity (Wildman–Crippen MR) is 139 cm³/mol. The fourth-order valence-corrected chi connectivity index (χ4v) is 4.67. The van der Waals surface area contributed by atoms with Gasteiger partial charge in [-0.05, 0) is 62.4 Å². The van der Waals surface area contributed by atoms with Gasteiger partial charge in [-0.3, -0.25) is 4.79 Å². The van der Waals surface area contributed by atoms with E-state index in [1.807, 2.05) is 6.92 Å². The minimum Gasteiger partial charge on any atom is -0.506 e. The zero-order valence-corrected chi connectivity index (χ0v) is 21.5. The van der Waals surface area contributed by atoms with E-state index in [0.717, 1.165) is 29.5 Å². The number of carbonyl (C=O) groups is 2. The second kappa shape index (κ2) is 10.9. The van der Waals surface area contributed by atoms with Crippen molar-refractivity contribution in [3.05, 3.63) is 98.3 Å². The monoisotopic (exact) mass is 561 g/mol. The molecule has 4 rings (SSSR count). The van der Waals surface area contributed by atoms with Crippen LogP contribution in [0.2, 0.25) is 5.02 Å². The molecule has 0 atom stereocenters. The van der Waals surface area contributed by atoms with Gasteiger partial charge in [-0.15, -0.1) is 0 Å². The fraction of sp³-hybridized carbons (Fsp3) is 0.148. The number of aryl methyl sites for hydroxylation is 1. The van der Waals surface area contributed by atoms with Crippen LogP contribution in [0.4, 0.5) is 13.2 Å². The van der Waals surface area contributed by atoms with Crippen LogP contribution in [0.3, 0.4) is 0 Å². The molecule has 2 heterocycles. The Morgan fingerprint density at radius 3 is 2.50 bits per heavy atom. The highest BCUT2D eigenvalue weighted by Crippen LogP contribution is 2.41. The van der Waals surface area contributed by atoms with E-state index in [9.17, 15) is 27.9 Å². The molecule has 0 unspecified atom stereocenters. The van der Waals surface area contributed by atoms with E-state index in [2.05, 4.69) is 4.99 Å². The van der Waals surface area contributed by atoms with Crippen LogP contribution in [-0.4, -0.2) is 28.6 Å². The van der Waals surface area contributed by atoms with Gasteiger partial charge in [-0.1, -0.05) is 41.1 Å². The molecule has 0 spiro atoms. The van der Waals surface area contributed by atoms with Crippen LogP contribution in [0.5, 0.6) is 0 Å². The lowest BCUT2D eigenvalue weighted by atomic mass is 10.1. The van der Waals surface area contributed by atoms with Crippen molar-refractivity contribution in [2.75, 3.05) is 6.61 Å². The second-order valence-electron chi connectivity index (χ2n) is 8.04. The highest BCUT2D eigenvalue weighted by atomic mass is 35.5. The molecule has 1 N–H and O–H groups in total. The molecule has 1 aromatic heterocycles. The van der Waals surface area contributed by atoms with Crippen molar-refractivity contribution in [1.82, 2.24) is 0 Å². The molecule has 0 fully saturated rings. The molecule has 0 radical (unpaired) electrons. The molecule has 0 saturated carbocycles. The standard InChI is InChI=1S/C27H19ClF3NO5S/c1-3-36-26(35)22-23(33)21(38-25(22)32-24(34)15-6-4-14(2)5-7-15)13-17-9-11-20(37-17)16-8-10-19(28)18(12-16)27(29,30)31/h4-13,33H,3H2,1-2H3/b21-13-,32-25?. The van der Waals surface area contributed by atoms with Gasteiger partial charge in [0.1, 0.15) is 27.9 Å². The largest absolute Gasteiger partial charge is 0.506 e. The van der Waals surface area contributed by atoms with Crippen LogP contribution in [0.15, 0.2) is 80.2 Å². The van der Waals surface area contributed by atoms with E-state index >= 15 is 0 Å². The third-order valence-electron chi connectivity index (χ3n) is 5.33. The molecule has 0 aliphatic carbocycles. The summed E-state index contributed by atoms with van der Waals surface area (Å²) in [6.07, 6.45) is -3.26. The number of rotatable bonds is 5. The van der Waals surface area contributed by atoms with Crippen LogP contribution in [0.1, 0.15) is 34.2 Å². The molecule has 1 amide bonds. The number of amides is 1. The molecule has 0 bridgehead atoms. The normalized spacial score (nSPS) is 15.9. The minimum atomic E-state index is -4.64. The Balaban J connectivity index is 1.68. The Kier molecular flexibility index (Phi) is 7.84. The number of thioether (sulfide) groups is 1. The summed E-state index contributed by atoms with van der Waals surface area (Å²) in [5, 5.41) is 10.3. The Morgan fingerprint density at radius 2 is 1.84 bits per heavy atom. The number of benzene rings is 2. The Bertz CT molecular complexity index is 1500. The van der Waals surface area contributed by atoms with E-state index in [0.29, 0.717) is 5.56 Å². The molecule has 6 nitrogen and oxygen atoms in total. The average molecular weight is 562 g/mol. The van der Waals surface area contributed by atoms with Crippen molar-refractivity contribution in [2.24, 2.45) is 4.99 Å². The number of nitrogens with zero attached hydrogens (tertiary/aromatic N) is 1. The summed E-state index contributed by atoms with van der Waals surface area (Å²) in [5.74, 6) is -1.65. The summed E-state index contributed by atoms with van der Waals surface area (Å²) in [4.78, 5) is 29.4. The molecule has 2 aromatic carbocycles. The molecule has 196 valence electrons. The number of furan rings is 1. The van der Waals surface area contributed by atoms with Crippen LogP contribution in [0.25, 0.3) is 17.4 Å².